The first-order chi connectivity index (χ1) is 31.6. The van der Waals surface area contributed by atoms with Gasteiger partial charge in [-0.3, -0.25) is 28.1 Å². The molecule has 3 fully saturated rings. The molecule has 2 aliphatic heterocycles. The van der Waals surface area contributed by atoms with E-state index in [1.54, 1.807) is 60.7 Å². The molecule has 2 saturated carbocycles. The summed E-state index contributed by atoms with van der Waals surface area (Å²) in [5.41, 5.74) is 3.90. The summed E-state index contributed by atoms with van der Waals surface area (Å²) in [6, 6.07) is 14.4. The molecule has 7 heterocycles. The van der Waals surface area contributed by atoms with Crippen molar-refractivity contribution in [3.63, 3.8) is 0 Å². The van der Waals surface area contributed by atoms with Crippen LogP contribution in [0, 0.1) is 30.9 Å². The Kier molecular flexibility index (Phi) is 8.51. The molecule has 17 heteroatoms. The van der Waals surface area contributed by atoms with E-state index < -0.39 is 28.8 Å². The fourth-order valence-corrected chi connectivity index (χ4v) is 11.6. The summed E-state index contributed by atoms with van der Waals surface area (Å²) in [5, 5.41) is 14.7. The number of aromatic nitrogens is 9. The Hall–Kier alpha value is -6.88. The minimum atomic E-state index is -0.809. The summed E-state index contributed by atoms with van der Waals surface area (Å²) >= 11 is 0. The van der Waals surface area contributed by atoms with Gasteiger partial charge in [0.15, 0.2) is 11.6 Å². The highest BCUT2D eigenvalue weighted by Crippen LogP contribution is 2.79. The van der Waals surface area contributed by atoms with Crippen molar-refractivity contribution >= 4 is 27.7 Å². The molecule has 15 nitrogen and oxygen atoms in total. The molecule has 2 aliphatic carbocycles. The lowest BCUT2D eigenvalue weighted by Crippen LogP contribution is -2.41. The van der Waals surface area contributed by atoms with Crippen LogP contribution in [0.4, 0.5) is 8.78 Å². The zero-order valence-corrected chi connectivity index (χ0v) is 37.5. The molecule has 1 spiro atoms. The summed E-state index contributed by atoms with van der Waals surface area (Å²) in [6.45, 7) is 10.5. The Balaban J connectivity index is 1.01. The van der Waals surface area contributed by atoms with E-state index in [2.05, 4.69) is 51.9 Å². The number of aromatic amines is 1. The lowest BCUT2D eigenvalue weighted by molar-refractivity contribution is -0.0592. The molecule has 66 heavy (non-hydrogen) atoms. The van der Waals surface area contributed by atoms with Gasteiger partial charge in [-0.05, 0) is 132 Å². The second-order valence-corrected chi connectivity index (χ2v) is 19.6. The third-order valence-corrected chi connectivity index (χ3v) is 15.1. The molecule has 4 aliphatic rings. The lowest BCUT2D eigenvalue weighted by Gasteiger charge is -2.35. The highest BCUT2D eigenvalue weighted by atomic mass is 19.1. The molecule has 8 aromatic rings. The fourth-order valence-electron chi connectivity index (χ4n) is 11.6. The Morgan fingerprint density at radius 3 is 2.42 bits per heavy atom. The average molecular weight is 895 g/mol. The Morgan fingerprint density at radius 2 is 1.71 bits per heavy atom. The number of carbonyl (C=O) groups excluding carboxylic acids is 1. The minimum absolute atomic E-state index is 0.0462. The molecule has 0 bridgehead atoms. The summed E-state index contributed by atoms with van der Waals surface area (Å²) < 4.78 is 50.5. The summed E-state index contributed by atoms with van der Waals surface area (Å²) in [6.07, 6.45) is 9.11. The van der Waals surface area contributed by atoms with Gasteiger partial charge in [0.2, 0.25) is 0 Å². The minimum Gasteiger partial charge on any atom is -0.376 e. The molecule has 1 N–H and O–H groups in total. The third kappa shape index (κ3) is 5.73. The number of nitrogens with zero attached hydrogens (tertiary/aromatic N) is 9. The Morgan fingerprint density at radius 1 is 0.955 bits per heavy atom. The number of hydrogen-bond donors (Lipinski definition) is 1. The summed E-state index contributed by atoms with van der Waals surface area (Å²) in [4.78, 5) is 47.6. The molecular weight excluding hydrogens is 847 g/mol. The van der Waals surface area contributed by atoms with E-state index in [1.165, 1.54) is 27.1 Å². The van der Waals surface area contributed by atoms with Gasteiger partial charge in [-0.25, -0.2) is 23.1 Å². The number of rotatable bonds is 7. The van der Waals surface area contributed by atoms with E-state index in [4.69, 9.17) is 14.4 Å². The zero-order chi connectivity index (χ0) is 45.8. The molecule has 12 rings (SSSR count). The van der Waals surface area contributed by atoms with Crippen molar-refractivity contribution < 1.29 is 22.8 Å². The highest BCUT2D eigenvalue weighted by Gasteiger charge is 2.78. The van der Waals surface area contributed by atoms with Crippen molar-refractivity contribution in [2.45, 2.75) is 96.2 Å². The molecule has 1 saturated heterocycles. The average Bonchev–Trinajstić information content (AvgIpc) is 3.68. The van der Waals surface area contributed by atoms with Gasteiger partial charge in [0.1, 0.15) is 22.9 Å². The summed E-state index contributed by atoms with van der Waals surface area (Å²) in [7, 11) is 1.72. The molecular formula is C49H48F2N10O5. The van der Waals surface area contributed by atoms with Crippen LogP contribution < -0.4 is 11.4 Å². The Bertz CT molecular complexity index is 3460. The number of hydrogen-bond acceptors (Lipinski definition) is 8. The van der Waals surface area contributed by atoms with Crippen LogP contribution in [0.15, 0.2) is 81.2 Å². The van der Waals surface area contributed by atoms with Gasteiger partial charge in [0.25, 0.3) is 5.91 Å². The molecule has 3 atom stereocenters. The second kappa shape index (κ2) is 13.8. The van der Waals surface area contributed by atoms with E-state index in [0.717, 1.165) is 36.6 Å². The number of nitrogens with one attached hydrogen (secondary N) is 1. The molecule has 338 valence electrons. The quantitative estimate of drug-likeness (QED) is 0.172. The number of aryl methyl sites for hydroxylation is 3. The number of ether oxygens (including phenoxy) is 1. The maximum atomic E-state index is 16.2. The van der Waals surface area contributed by atoms with Crippen molar-refractivity contribution in [3.05, 3.63) is 139 Å². The monoisotopic (exact) mass is 894 g/mol. The fraction of sp³-hybridized carbons (Fsp3) is 0.388. The maximum absolute atomic E-state index is 16.2. The maximum Gasteiger partial charge on any atom is 0.438 e. The number of carbonyl (C=O) groups is 1. The largest absolute Gasteiger partial charge is 0.438 e. The van der Waals surface area contributed by atoms with Gasteiger partial charge in [-0.2, -0.15) is 10.2 Å². The molecule has 3 aromatic carbocycles. The van der Waals surface area contributed by atoms with Crippen LogP contribution in [-0.2, 0) is 23.7 Å². The standard InChI is InChI=1S/C49H48F2N10O5/c1-26-19-32(20-27(2)40(26)50)61-42(59-17-16-58(46(59)64)37-10-9-36-33(41(37)51)24-52-56(36)6)39-28(3)57(15-11-34(39)54-61)43(62)38-22-31-21-29(30-12-18-65-47(4,5)23-30)7-8-35(31)60(38)49(25-48(49)13-14-48)44-53-45(63)66-55-44/h7-10,16-17,19-22,24,28,30H,11-15,18,23,25H2,1-6H3,(H,53,55,63). The zero-order valence-electron chi connectivity index (χ0n) is 37.5. The van der Waals surface area contributed by atoms with Gasteiger partial charge in [0, 0.05) is 60.9 Å². The van der Waals surface area contributed by atoms with E-state index >= 15 is 13.6 Å². The van der Waals surface area contributed by atoms with Gasteiger partial charge in [-0.1, -0.05) is 11.2 Å². The first-order valence-corrected chi connectivity index (χ1v) is 22.6. The van der Waals surface area contributed by atoms with Crippen molar-refractivity contribution in [1.82, 2.24) is 48.3 Å². The SMILES string of the molecule is Cc1cc(-n2nc3c(c2-n2ccn(-c4ccc5c(cnn5C)c4F)c2=O)C(C)N(C(=O)c2cc4cc(C5CCOC(C)(C)C5)ccc4n2C2(c4noc(=O)[nH]4)CC24CC4)CC3)cc(C)c1F. The smallest absolute Gasteiger partial charge is 0.376 e. The number of fused-ring (bicyclic) bond motifs is 3. The van der Waals surface area contributed by atoms with Crippen molar-refractivity contribution in [2.24, 2.45) is 12.5 Å². The topological polar surface area (TPSA) is 156 Å². The second-order valence-electron chi connectivity index (χ2n) is 19.6. The van der Waals surface area contributed by atoms with E-state index in [9.17, 15) is 9.59 Å². The normalized spacial score (nSPS) is 21.8. The first kappa shape index (κ1) is 40.6. The predicted octanol–water partition coefficient (Wildman–Crippen LogP) is 7.59. The van der Waals surface area contributed by atoms with Crippen LogP contribution in [0.3, 0.4) is 0 Å². The molecule has 5 aromatic heterocycles. The van der Waals surface area contributed by atoms with Crippen LogP contribution in [0.5, 0.6) is 0 Å². The van der Waals surface area contributed by atoms with Crippen LogP contribution >= 0.6 is 0 Å². The molecule has 0 radical (unpaired) electrons. The number of benzene rings is 3. The van der Waals surface area contributed by atoms with Gasteiger partial charge in [0.05, 0.1) is 45.8 Å². The van der Waals surface area contributed by atoms with Crippen molar-refractivity contribution in [2.75, 3.05) is 13.2 Å². The lowest BCUT2D eigenvalue weighted by atomic mass is 9.83. The third-order valence-electron chi connectivity index (χ3n) is 15.1. The number of amides is 1. The van der Waals surface area contributed by atoms with Crippen molar-refractivity contribution in [3.8, 4) is 17.2 Å². The van der Waals surface area contributed by atoms with Crippen LogP contribution in [0.1, 0.15) is 109 Å². The van der Waals surface area contributed by atoms with Gasteiger partial charge < -0.3 is 14.2 Å². The molecule has 1 amide bonds. The first-order valence-electron chi connectivity index (χ1n) is 22.6. The van der Waals surface area contributed by atoms with E-state index in [1.807, 2.05) is 17.9 Å². The molecule has 3 unspecified atom stereocenters. The van der Waals surface area contributed by atoms with Gasteiger partial charge in [-0.15, -0.1) is 0 Å². The van der Waals surface area contributed by atoms with Crippen LogP contribution in [-0.4, -0.2) is 73.0 Å². The number of halogens is 2. The highest BCUT2D eigenvalue weighted by molar-refractivity contribution is 6.00. The predicted molar refractivity (Wildman–Crippen MR) is 240 cm³/mol. The Labute approximate surface area is 376 Å². The van der Waals surface area contributed by atoms with E-state index in [-0.39, 0.29) is 39.7 Å². The summed E-state index contributed by atoms with van der Waals surface area (Å²) in [5.74, 6) is -0.809. The number of imidazole rings is 1. The van der Waals surface area contributed by atoms with Gasteiger partial charge >= 0.3 is 11.4 Å². The van der Waals surface area contributed by atoms with Crippen molar-refractivity contribution in [1.29, 1.82) is 0 Å². The van der Waals surface area contributed by atoms with E-state index in [0.29, 0.717) is 76.9 Å². The number of H-pyrrole nitrogens is 1. The van der Waals surface area contributed by atoms with Crippen LogP contribution in [0.25, 0.3) is 39.0 Å². The van der Waals surface area contributed by atoms with Crippen LogP contribution in [0.2, 0.25) is 0 Å².